The van der Waals surface area contributed by atoms with Crippen LogP contribution in [-0.2, 0) is 11.2 Å². The van der Waals surface area contributed by atoms with Gasteiger partial charge in [-0.05, 0) is 52.2 Å². The van der Waals surface area contributed by atoms with Crippen molar-refractivity contribution < 1.29 is 14.7 Å². The lowest BCUT2D eigenvalue weighted by Crippen LogP contribution is -2.13. The number of pyridine rings is 1. The van der Waals surface area contributed by atoms with Crippen molar-refractivity contribution >= 4 is 33.5 Å². The van der Waals surface area contributed by atoms with Gasteiger partial charge < -0.3 is 10.4 Å². The van der Waals surface area contributed by atoms with Crippen LogP contribution in [0.5, 0.6) is 0 Å². The highest BCUT2D eigenvalue weighted by molar-refractivity contribution is 9.10. The molecule has 1 aromatic carbocycles. The molecule has 0 unspecified atom stereocenters. The number of rotatable bonds is 5. The Hall–Kier alpha value is -2.21. The lowest BCUT2D eigenvalue weighted by molar-refractivity contribution is -0.136. The first-order valence-corrected chi connectivity index (χ1v) is 7.08. The molecule has 0 saturated carbocycles. The van der Waals surface area contributed by atoms with Gasteiger partial charge >= 0.3 is 5.97 Å². The largest absolute Gasteiger partial charge is 0.481 e. The minimum Gasteiger partial charge on any atom is -0.481 e. The Balaban J connectivity index is 2.02. The Kier molecular flexibility index (Phi) is 5.05. The summed E-state index contributed by atoms with van der Waals surface area (Å²) in [5.41, 5.74) is 2.01. The fraction of sp³-hybridized carbons (Fsp3) is 0.133. The van der Waals surface area contributed by atoms with Gasteiger partial charge in [-0.15, -0.1) is 0 Å². The lowest BCUT2D eigenvalue weighted by Gasteiger charge is -2.07. The number of nitrogens with zero attached hydrogens (tertiary/aromatic N) is 1. The minimum absolute atomic E-state index is 0.0916. The second-order valence-corrected chi connectivity index (χ2v) is 5.14. The zero-order valence-corrected chi connectivity index (χ0v) is 12.6. The molecule has 108 valence electrons. The molecule has 2 rings (SSSR count). The molecule has 0 aliphatic carbocycles. The monoisotopic (exact) mass is 348 g/mol. The summed E-state index contributed by atoms with van der Waals surface area (Å²) in [5.74, 6) is -1.08. The number of anilines is 1. The zero-order chi connectivity index (χ0) is 15.2. The quantitative estimate of drug-likeness (QED) is 0.813. The molecule has 5 nitrogen and oxygen atoms in total. The van der Waals surface area contributed by atoms with Gasteiger partial charge in [0.05, 0.1) is 5.56 Å². The molecule has 0 radical (unpaired) electrons. The van der Waals surface area contributed by atoms with Gasteiger partial charge in [0.25, 0.3) is 5.91 Å². The maximum atomic E-state index is 12.1. The number of hydrogen-bond donors (Lipinski definition) is 2. The fourth-order valence-electron chi connectivity index (χ4n) is 1.76. The van der Waals surface area contributed by atoms with Crippen molar-refractivity contribution in [1.29, 1.82) is 0 Å². The molecular formula is C15H13BrN2O3. The van der Waals surface area contributed by atoms with Gasteiger partial charge in [-0.25, -0.2) is 4.98 Å². The highest BCUT2D eigenvalue weighted by Gasteiger charge is 2.10. The van der Waals surface area contributed by atoms with E-state index >= 15 is 0 Å². The molecule has 0 fully saturated rings. The van der Waals surface area contributed by atoms with E-state index in [1.807, 2.05) is 0 Å². The van der Waals surface area contributed by atoms with Crippen LogP contribution in [0, 0.1) is 0 Å². The van der Waals surface area contributed by atoms with Crippen molar-refractivity contribution in [2.24, 2.45) is 0 Å². The molecule has 2 aromatic rings. The van der Waals surface area contributed by atoms with Crippen LogP contribution in [0.3, 0.4) is 0 Å². The summed E-state index contributed by atoms with van der Waals surface area (Å²) >= 11 is 3.23. The summed E-state index contributed by atoms with van der Waals surface area (Å²) in [7, 11) is 0. The molecule has 2 N–H and O–H groups in total. The van der Waals surface area contributed by atoms with E-state index in [9.17, 15) is 9.59 Å². The molecule has 0 aliphatic heterocycles. The second kappa shape index (κ2) is 6.99. The van der Waals surface area contributed by atoms with E-state index < -0.39 is 5.97 Å². The van der Waals surface area contributed by atoms with Crippen LogP contribution in [0.25, 0.3) is 0 Å². The molecule has 0 saturated heterocycles. The normalized spacial score (nSPS) is 10.1. The van der Waals surface area contributed by atoms with E-state index in [-0.39, 0.29) is 12.3 Å². The van der Waals surface area contributed by atoms with Crippen LogP contribution in [0.4, 0.5) is 5.69 Å². The number of aryl methyl sites for hydroxylation is 1. The average molecular weight is 349 g/mol. The zero-order valence-electron chi connectivity index (χ0n) is 11.0. The first-order valence-electron chi connectivity index (χ1n) is 6.29. The number of benzene rings is 1. The van der Waals surface area contributed by atoms with Crippen molar-refractivity contribution in [3.8, 4) is 0 Å². The second-order valence-electron chi connectivity index (χ2n) is 4.39. The number of carboxylic acid groups (broad SMARTS) is 1. The predicted octanol–water partition coefficient (Wildman–Crippen LogP) is 3.11. The molecule has 0 bridgehead atoms. The minimum atomic E-state index is -0.825. The van der Waals surface area contributed by atoms with Crippen LogP contribution in [0.2, 0.25) is 0 Å². The number of halogens is 1. The number of carbonyl (C=O) groups is 2. The molecule has 6 heteroatoms. The molecular weight excluding hydrogens is 336 g/mol. The topological polar surface area (TPSA) is 79.3 Å². The number of nitrogens with one attached hydrogen (secondary N) is 1. The van der Waals surface area contributed by atoms with E-state index in [1.54, 1.807) is 42.6 Å². The van der Waals surface area contributed by atoms with E-state index in [0.717, 1.165) is 5.56 Å². The first kappa shape index (κ1) is 15.2. The van der Waals surface area contributed by atoms with Crippen LogP contribution in [0.15, 0.2) is 47.2 Å². The predicted molar refractivity (Wildman–Crippen MR) is 82.3 cm³/mol. The summed E-state index contributed by atoms with van der Waals surface area (Å²) in [5, 5.41) is 11.4. The maximum absolute atomic E-state index is 12.1. The van der Waals surface area contributed by atoms with Gasteiger partial charge in [0.1, 0.15) is 4.60 Å². The Labute approximate surface area is 130 Å². The van der Waals surface area contributed by atoms with Crippen molar-refractivity contribution in [2.75, 3.05) is 5.32 Å². The molecule has 0 spiro atoms. The van der Waals surface area contributed by atoms with Crippen LogP contribution >= 0.6 is 15.9 Å². The van der Waals surface area contributed by atoms with Crippen LogP contribution in [0.1, 0.15) is 22.3 Å². The third-order valence-electron chi connectivity index (χ3n) is 2.84. The molecule has 21 heavy (non-hydrogen) atoms. The lowest BCUT2D eigenvalue weighted by atomic mass is 10.1. The van der Waals surface area contributed by atoms with Gasteiger partial charge in [-0.3, -0.25) is 9.59 Å². The fourth-order valence-corrected chi connectivity index (χ4v) is 2.19. The Morgan fingerprint density at radius 2 is 1.90 bits per heavy atom. The number of carboxylic acids is 1. The Morgan fingerprint density at radius 1 is 1.19 bits per heavy atom. The van der Waals surface area contributed by atoms with Gasteiger partial charge in [0.2, 0.25) is 0 Å². The van der Waals surface area contributed by atoms with Crippen LogP contribution < -0.4 is 5.32 Å². The Bertz CT molecular complexity index is 656. The van der Waals surface area contributed by atoms with E-state index in [0.29, 0.717) is 22.3 Å². The van der Waals surface area contributed by atoms with E-state index in [4.69, 9.17) is 5.11 Å². The maximum Gasteiger partial charge on any atom is 0.303 e. The average Bonchev–Trinajstić information content (AvgIpc) is 2.47. The standard InChI is InChI=1S/C15H13BrN2O3/c16-14-12(2-1-9-17-14)15(21)18-11-6-3-10(4-7-11)5-8-13(19)20/h1-4,6-7,9H,5,8H2,(H,18,21)(H,19,20). The summed E-state index contributed by atoms with van der Waals surface area (Å²) in [6.07, 6.45) is 2.16. The summed E-state index contributed by atoms with van der Waals surface area (Å²) in [6, 6.07) is 10.5. The summed E-state index contributed by atoms with van der Waals surface area (Å²) < 4.78 is 0.487. The number of carbonyl (C=O) groups excluding carboxylic acids is 1. The van der Waals surface area contributed by atoms with E-state index in [2.05, 4.69) is 26.2 Å². The Morgan fingerprint density at radius 3 is 2.52 bits per heavy atom. The van der Waals surface area contributed by atoms with Crippen molar-refractivity contribution in [3.05, 3.63) is 58.3 Å². The van der Waals surface area contributed by atoms with Crippen molar-refractivity contribution in [3.63, 3.8) is 0 Å². The van der Waals surface area contributed by atoms with Gasteiger partial charge in [-0.2, -0.15) is 0 Å². The SMILES string of the molecule is O=C(O)CCc1ccc(NC(=O)c2cccnc2Br)cc1. The van der Waals surface area contributed by atoms with Gasteiger partial charge in [0.15, 0.2) is 0 Å². The highest BCUT2D eigenvalue weighted by Crippen LogP contribution is 2.16. The molecule has 1 heterocycles. The molecule has 1 aromatic heterocycles. The van der Waals surface area contributed by atoms with Crippen molar-refractivity contribution in [2.45, 2.75) is 12.8 Å². The summed E-state index contributed by atoms with van der Waals surface area (Å²) in [4.78, 5) is 26.6. The first-order chi connectivity index (χ1) is 10.1. The summed E-state index contributed by atoms with van der Waals surface area (Å²) in [6.45, 7) is 0. The van der Waals surface area contributed by atoms with Crippen LogP contribution in [-0.4, -0.2) is 22.0 Å². The molecule has 0 aliphatic rings. The third-order valence-corrected chi connectivity index (χ3v) is 3.47. The number of amides is 1. The van der Waals surface area contributed by atoms with Gasteiger partial charge in [0, 0.05) is 18.3 Å². The smallest absolute Gasteiger partial charge is 0.303 e. The number of aliphatic carboxylic acids is 1. The third kappa shape index (κ3) is 4.39. The van der Waals surface area contributed by atoms with Crippen molar-refractivity contribution in [1.82, 2.24) is 4.98 Å². The molecule has 0 atom stereocenters. The highest BCUT2D eigenvalue weighted by atomic mass is 79.9. The number of aromatic nitrogens is 1. The van der Waals surface area contributed by atoms with Gasteiger partial charge in [-0.1, -0.05) is 12.1 Å². The molecule has 1 amide bonds. The van der Waals surface area contributed by atoms with E-state index in [1.165, 1.54) is 0 Å². The number of hydrogen-bond acceptors (Lipinski definition) is 3.